The Bertz CT molecular complexity index is 2150. The van der Waals surface area contributed by atoms with Gasteiger partial charge in [-0.2, -0.15) is 5.26 Å². The second-order valence-electron chi connectivity index (χ2n) is 11.9. The first-order valence-corrected chi connectivity index (χ1v) is 18.3. The molecule has 2 atom stereocenters. The molecule has 1 aliphatic carbocycles. The molecule has 11 heteroatoms. The van der Waals surface area contributed by atoms with Crippen LogP contribution in [-0.4, -0.2) is 23.0 Å². The molecule has 6 rings (SSSR count). The molecule has 51 heavy (non-hydrogen) atoms. The summed E-state index contributed by atoms with van der Waals surface area (Å²) in [6, 6.07) is 32.0. The Morgan fingerprint density at radius 3 is 2.43 bits per heavy atom. The van der Waals surface area contributed by atoms with E-state index >= 15 is 0 Å². The van der Waals surface area contributed by atoms with Crippen molar-refractivity contribution in [2.75, 3.05) is 10.6 Å². The Hall–Kier alpha value is -5.21. The zero-order valence-electron chi connectivity index (χ0n) is 27.4. The SMILES string of the molecule is CC(Sc1cccc(NC(=O)/C(=C\c2c(F)cccc2Cl)NC(=O)c2ccccc2)c1)C(=O)Nc1sc2c(c1C#N)CCC(c1ccccc1)C2. The smallest absolute Gasteiger partial charge is 0.272 e. The zero-order chi connectivity index (χ0) is 35.9. The third-order valence-electron chi connectivity index (χ3n) is 8.48. The molecule has 3 N–H and O–H groups in total. The molecule has 3 amide bonds. The van der Waals surface area contributed by atoms with Crippen molar-refractivity contribution >= 4 is 69.2 Å². The van der Waals surface area contributed by atoms with Gasteiger partial charge in [0.25, 0.3) is 11.8 Å². The molecule has 0 fully saturated rings. The number of benzene rings is 4. The van der Waals surface area contributed by atoms with Crippen molar-refractivity contribution in [3.63, 3.8) is 0 Å². The highest BCUT2D eigenvalue weighted by Crippen LogP contribution is 2.42. The quantitative estimate of drug-likeness (QED) is 0.0979. The van der Waals surface area contributed by atoms with Crippen molar-refractivity contribution in [2.45, 2.75) is 42.2 Å². The summed E-state index contributed by atoms with van der Waals surface area (Å²) in [7, 11) is 0. The molecule has 0 saturated heterocycles. The number of anilines is 2. The molecule has 256 valence electrons. The van der Waals surface area contributed by atoms with Gasteiger partial charge in [-0.3, -0.25) is 14.4 Å². The molecule has 5 aromatic rings. The van der Waals surface area contributed by atoms with Crippen LogP contribution in [0.3, 0.4) is 0 Å². The predicted molar refractivity (Wildman–Crippen MR) is 203 cm³/mol. The van der Waals surface area contributed by atoms with Gasteiger partial charge >= 0.3 is 0 Å². The number of carbonyl (C=O) groups excluding carboxylic acids is 3. The highest BCUT2D eigenvalue weighted by Gasteiger charge is 2.28. The average molecular weight is 735 g/mol. The van der Waals surface area contributed by atoms with Crippen LogP contribution in [0.15, 0.2) is 114 Å². The van der Waals surface area contributed by atoms with Crippen LogP contribution in [0.2, 0.25) is 5.02 Å². The van der Waals surface area contributed by atoms with E-state index < -0.39 is 22.9 Å². The average Bonchev–Trinajstić information content (AvgIpc) is 3.49. The maximum absolute atomic E-state index is 14.7. The van der Waals surface area contributed by atoms with Gasteiger partial charge in [0.1, 0.15) is 22.6 Å². The topological polar surface area (TPSA) is 111 Å². The molecule has 0 radical (unpaired) electrons. The number of halogens is 2. The van der Waals surface area contributed by atoms with E-state index in [2.05, 4.69) is 34.2 Å². The van der Waals surface area contributed by atoms with Gasteiger partial charge in [-0.05, 0) is 91.8 Å². The van der Waals surface area contributed by atoms with Crippen molar-refractivity contribution in [3.8, 4) is 6.07 Å². The van der Waals surface area contributed by atoms with Crippen molar-refractivity contribution in [3.05, 3.63) is 152 Å². The van der Waals surface area contributed by atoms with Crippen LogP contribution < -0.4 is 16.0 Å². The van der Waals surface area contributed by atoms with Crippen molar-refractivity contribution in [2.24, 2.45) is 0 Å². The third kappa shape index (κ3) is 8.58. The van der Waals surface area contributed by atoms with Crippen LogP contribution in [0.25, 0.3) is 6.08 Å². The maximum atomic E-state index is 14.7. The van der Waals surface area contributed by atoms with Crippen molar-refractivity contribution in [1.29, 1.82) is 5.26 Å². The number of thioether (sulfide) groups is 1. The minimum absolute atomic E-state index is 0.0519. The number of thiophene rings is 1. The van der Waals surface area contributed by atoms with Crippen LogP contribution in [0, 0.1) is 17.1 Å². The number of hydrogen-bond donors (Lipinski definition) is 3. The lowest BCUT2D eigenvalue weighted by Crippen LogP contribution is -2.30. The molecular weight excluding hydrogens is 703 g/mol. The van der Waals surface area contributed by atoms with Crippen LogP contribution in [0.4, 0.5) is 15.1 Å². The van der Waals surface area contributed by atoms with E-state index in [4.69, 9.17) is 11.6 Å². The maximum Gasteiger partial charge on any atom is 0.272 e. The second kappa shape index (κ2) is 16.2. The summed E-state index contributed by atoms with van der Waals surface area (Å²) in [4.78, 5) is 41.8. The Labute approximate surface area is 308 Å². The molecule has 0 spiro atoms. The van der Waals surface area contributed by atoms with Gasteiger partial charge in [-0.15, -0.1) is 23.1 Å². The van der Waals surface area contributed by atoms with E-state index in [9.17, 15) is 24.0 Å². The number of nitrogens with one attached hydrogen (secondary N) is 3. The van der Waals surface area contributed by atoms with Crippen LogP contribution in [0.1, 0.15) is 56.8 Å². The van der Waals surface area contributed by atoms with Crippen molar-refractivity contribution in [1.82, 2.24) is 5.32 Å². The summed E-state index contributed by atoms with van der Waals surface area (Å²) < 4.78 is 14.7. The first-order chi connectivity index (χ1) is 24.7. The van der Waals surface area contributed by atoms with E-state index in [-0.39, 0.29) is 22.2 Å². The predicted octanol–water partition coefficient (Wildman–Crippen LogP) is 9.21. The Morgan fingerprint density at radius 1 is 0.980 bits per heavy atom. The number of carbonyl (C=O) groups is 3. The molecule has 1 heterocycles. The lowest BCUT2D eigenvalue weighted by atomic mass is 9.83. The number of nitrogens with zero attached hydrogens (tertiary/aromatic N) is 1. The first kappa shape index (κ1) is 35.6. The highest BCUT2D eigenvalue weighted by atomic mass is 35.5. The number of fused-ring (bicyclic) bond motifs is 1. The monoisotopic (exact) mass is 734 g/mol. The van der Waals surface area contributed by atoms with Gasteiger partial charge in [0, 0.05) is 26.6 Å². The molecule has 2 unspecified atom stereocenters. The van der Waals surface area contributed by atoms with Gasteiger partial charge in [0.2, 0.25) is 5.91 Å². The zero-order valence-corrected chi connectivity index (χ0v) is 29.8. The van der Waals surface area contributed by atoms with Crippen LogP contribution in [-0.2, 0) is 22.4 Å². The van der Waals surface area contributed by atoms with Gasteiger partial charge < -0.3 is 16.0 Å². The van der Waals surface area contributed by atoms with Crippen molar-refractivity contribution < 1.29 is 18.8 Å². The summed E-state index contributed by atoms with van der Waals surface area (Å²) in [5.74, 6) is -1.80. The Balaban J connectivity index is 1.14. The molecule has 4 aromatic carbocycles. The number of hydrogen-bond acceptors (Lipinski definition) is 6. The fraction of sp³-hybridized carbons (Fsp3) is 0.150. The third-order valence-corrected chi connectivity index (χ3v) is 11.1. The normalized spacial score (nSPS) is 14.5. The highest BCUT2D eigenvalue weighted by molar-refractivity contribution is 8.00. The number of amides is 3. The molecule has 1 aromatic heterocycles. The molecular formula is C40H32ClFN4O3S2. The molecule has 7 nitrogen and oxygen atoms in total. The number of rotatable bonds is 10. The summed E-state index contributed by atoms with van der Waals surface area (Å²) in [5.41, 5.74) is 3.27. The van der Waals surface area contributed by atoms with Gasteiger partial charge in [0.05, 0.1) is 15.8 Å². The minimum Gasteiger partial charge on any atom is -0.321 e. The summed E-state index contributed by atoms with van der Waals surface area (Å²) in [6.45, 7) is 1.77. The van der Waals surface area contributed by atoms with Gasteiger partial charge in [-0.1, -0.05) is 72.3 Å². The summed E-state index contributed by atoms with van der Waals surface area (Å²) in [5, 5.41) is 18.4. The first-order valence-electron chi connectivity index (χ1n) is 16.2. The Kier molecular flexibility index (Phi) is 11.3. The van der Waals surface area contributed by atoms with E-state index in [1.807, 2.05) is 24.3 Å². The standard InChI is InChI=1S/C40H32ClFN4O3S2/c1-24(37(47)46-40-32(23-43)30-19-18-27(20-36(30)51-40)25-10-4-2-5-11-25)50-29-15-8-14-28(21-29)44-39(49)35(22-31-33(41)16-9-17-34(31)42)45-38(48)26-12-6-3-7-13-26/h2-17,21-22,24,27H,18-20H2,1H3,(H,44,49)(H,45,48)(H,46,47)/b35-22+. The largest absolute Gasteiger partial charge is 0.321 e. The fourth-order valence-corrected chi connectivity index (χ4v) is 8.28. The van der Waals surface area contributed by atoms with Gasteiger partial charge in [0.15, 0.2) is 0 Å². The Morgan fingerprint density at radius 2 is 1.71 bits per heavy atom. The van der Waals surface area contributed by atoms with Crippen LogP contribution >= 0.6 is 34.7 Å². The fourth-order valence-electron chi connectivity index (χ4n) is 5.85. The lowest BCUT2D eigenvalue weighted by molar-refractivity contribution is -0.115. The molecule has 0 aliphatic heterocycles. The van der Waals surface area contributed by atoms with E-state index in [1.54, 1.807) is 55.5 Å². The summed E-state index contributed by atoms with van der Waals surface area (Å²) in [6.07, 6.45) is 3.76. The lowest BCUT2D eigenvalue weighted by Gasteiger charge is -2.22. The van der Waals surface area contributed by atoms with Crippen LogP contribution in [0.5, 0.6) is 0 Å². The second-order valence-corrected chi connectivity index (χ2v) is 14.8. The van der Waals surface area contributed by atoms with E-state index in [0.717, 1.165) is 29.7 Å². The van der Waals surface area contributed by atoms with E-state index in [1.165, 1.54) is 52.9 Å². The van der Waals surface area contributed by atoms with E-state index in [0.29, 0.717) is 32.6 Å². The number of nitriles is 1. The summed E-state index contributed by atoms with van der Waals surface area (Å²) >= 11 is 8.99. The van der Waals surface area contributed by atoms with Gasteiger partial charge in [-0.25, -0.2) is 4.39 Å². The molecule has 1 aliphatic rings. The molecule has 0 bridgehead atoms. The minimum atomic E-state index is -0.702. The molecule has 0 saturated carbocycles.